The van der Waals surface area contributed by atoms with Gasteiger partial charge in [0.1, 0.15) is 11.1 Å². The SMILES string of the molecule is Cc1ccc(-n2ncc(N[C@@H](C(=O)O)C(C)C)c(Cl)c2=O)cc1Cl. The molecule has 128 valence electrons. The highest BCUT2D eigenvalue weighted by Gasteiger charge is 2.23. The first-order valence-corrected chi connectivity index (χ1v) is 8.01. The van der Waals surface area contributed by atoms with E-state index in [-0.39, 0.29) is 16.6 Å². The molecule has 0 spiro atoms. The molecule has 0 fully saturated rings. The van der Waals surface area contributed by atoms with Crippen LogP contribution in [0.4, 0.5) is 5.69 Å². The van der Waals surface area contributed by atoms with Crippen molar-refractivity contribution >= 4 is 34.9 Å². The van der Waals surface area contributed by atoms with E-state index in [1.165, 1.54) is 6.20 Å². The Morgan fingerprint density at radius 3 is 2.54 bits per heavy atom. The molecular formula is C16H17Cl2N3O3. The minimum absolute atomic E-state index is 0.131. The second kappa shape index (κ2) is 7.23. The predicted molar refractivity (Wildman–Crippen MR) is 94.5 cm³/mol. The molecule has 2 aromatic rings. The van der Waals surface area contributed by atoms with E-state index in [0.717, 1.165) is 10.2 Å². The van der Waals surface area contributed by atoms with Crippen molar-refractivity contribution in [3.05, 3.63) is 50.4 Å². The zero-order valence-electron chi connectivity index (χ0n) is 13.4. The van der Waals surface area contributed by atoms with Gasteiger partial charge in [0.05, 0.1) is 17.6 Å². The number of halogens is 2. The van der Waals surface area contributed by atoms with Crippen molar-refractivity contribution < 1.29 is 9.90 Å². The summed E-state index contributed by atoms with van der Waals surface area (Å²) in [4.78, 5) is 23.7. The van der Waals surface area contributed by atoms with E-state index in [1.54, 1.807) is 32.0 Å². The number of nitrogens with zero attached hydrogens (tertiary/aromatic N) is 2. The summed E-state index contributed by atoms with van der Waals surface area (Å²) < 4.78 is 1.12. The molecule has 0 saturated heterocycles. The summed E-state index contributed by atoms with van der Waals surface area (Å²) in [5.41, 5.74) is 0.966. The van der Waals surface area contributed by atoms with Crippen molar-refractivity contribution in [2.75, 3.05) is 5.32 Å². The number of carboxylic acid groups (broad SMARTS) is 1. The minimum Gasteiger partial charge on any atom is -0.480 e. The first-order valence-electron chi connectivity index (χ1n) is 7.26. The zero-order valence-corrected chi connectivity index (χ0v) is 14.9. The van der Waals surface area contributed by atoms with E-state index in [2.05, 4.69) is 10.4 Å². The van der Waals surface area contributed by atoms with E-state index in [4.69, 9.17) is 23.2 Å². The molecule has 0 aliphatic heterocycles. The highest BCUT2D eigenvalue weighted by atomic mass is 35.5. The van der Waals surface area contributed by atoms with Gasteiger partial charge in [0.2, 0.25) is 0 Å². The summed E-state index contributed by atoms with van der Waals surface area (Å²) in [6.45, 7) is 5.35. The third-order valence-corrected chi connectivity index (χ3v) is 4.34. The molecule has 6 nitrogen and oxygen atoms in total. The molecule has 2 N–H and O–H groups in total. The molecule has 0 saturated carbocycles. The van der Waals surface area contributed by atoms with Gasteiger partial charge >= 0.3 is 5.97 Å². The predicted octanol–water partition coefficient (Wildman–Crippen LogP) is 3.37. The molecule has 1 aromatic carbocycles. The van der Waals surface area contributed by atoms with Crippen molar-refractivity contribution in [2.24, 2.45) is 5.92 Å². The van der Waals surface area contributed by atoms with Crippen molar-refractivity contribution in [1.29, 1.82) is 0 Å². The van der Waals surface area contributed by atoms with Crippen LogP contribution in [0.5, 0.6) is 0 Å². The number of nitrogens with one attached hydrogen (secondary N) is 1. The Hall–Kier alpha value is -2.05. The van der Waals surface area contributed by atoms with Gasteiger partial charge < -0.3 is 10.4 Å². The average Bonchev–Trinajstić information content (AvgIpc) is 2.51. The van der Waals surface area contributed by atoms with Gasteiger partial charge in [0, 0.05) is 5.02 Å². The molecule has 1 atom stereocenters. The number of benzene rings is 1. The lowest BCUT2D eigenvalue weighted by Crippen LogP contribution is -2.35. The summed E-state index contributed by atoms with van der Waals surface area (Å²) in [5, 5.41) is 16.4. The van der Waals surface area contributed by atoms with Crippen LogP contribution in [0.2, 0.25) is 10.0 Å². The standard InChI is InChI=1S/C16H17Cl2N3O3/c1-8(2)14(16(23)24)20-12-7-19-21(15(22)13(12)18)10-5-4-9(3)11(17)6-10/h4-8,14,20H,1-3H3,(H,23,24)/t14-/m1/s1. The van der Waals surface area contributed by atoms with E-state index in [9.17, 15) is 14.7 Å². The summed E-state index contributed by atoms with van der Waals surface area (Å²) in [5.74, 6) is -1.23. The van der Waals surface area contributed by atoms with Crippen LogP contribution in [0.1, 0.15) is 19.4 Å². The second-order valence-electron chi connectivity index (χ2n) is 5.73. The number of hydrogen-bond acceptors (Lipinski definition) is 4. The highest BCUT2D eigenvalue weighted by molar-refractivity contribution is 6.33. The van der Waals surface area contributed by atoms with E-state index in [0.29, 0.717) is 10.7 Å². The number of hydrogen-bond donors (Lipinski definition) is 2. The molecule has 2 rings (SSSR count). The fraction of sp³-hybridized carbons (Fsp3) is 0.312. The second-order valence-corrected chi connectivity index (χ2v) is 6.51. The quantitative estimate of drug-likeness (QED) is 0.843. The Labute approximate surface area is 149 Å². The van der Waals surface area contributed by atoms with Crippen LogP contribution >= 0.6 is 23.2 Å². The summed E-state index contributed by atoms with van der Waals surface area (Å²) in [7, 11) is 0. The molecule has 0 amide bonds. The van der Waals surface area contributed by atoms with Gasteiger partial charge in [-0.3, -0.25) is 4.79 Å². The average molecular weight is 370 g/mol. The van der Waals surface area contributed by atoms with Crippen LogP contribution in [0.3, 0.4) is 0 Å². The monoisotopic (exact) mass is 369 g/mol. The number of aryl methyl sites for hydroxylation is 1. The van der Waals surface area contributed by atoms with Crippen LogP contribution in [0.25, 0.3) is 5.69 Å². The van der Waals surface area contributed by atoms with E-state index < -0.39 is 17.6 Å². The Kier molecular flexibility index (Phi) is 5.51. The van der Waals surface area contributed by atoms with Gasteiger partial charge in [-0.2, -0.15) is 9.78 Å². The Morgan fingerprint density at radius 1 is 1.33 bits per heavy atom. The lowest BCUT2D eigenvalue weighted by atomic mass is 10.0. The molecule has 24 heavy (non-hydrogen) atoms. The number of anilines is 1. The smallest absolute Gasteiger partial charge is 0.326 e. The zero-order chi connectivity index (χ0) is 18.0. The molecule has 8 heteroatoms. The maximum absolute atomic E-state index is 12.4. The maximum Gasteiger partial charge on any atom is 0.326 e. The first kappa shape index (κ1) is 18.3. The van der Waals surface area contributed by atoms with Crippen molar-refractivity contribution in [1.82, 2.24) is 9.78 Å². The van der Waals surface area contributed by atoms with Gasteiger partial charge in [-0.05, 0) is 30.5 Å². The molecule has 1 heterocycles. The van der Waals surface area contributed by atoms with Crippen LogP contribution in [-0.2, 0) is 4.79 Å². The molecule has 1 aromatic heterocycles. The summed E-state index contributed by atoms with van der Waals surface area (Å²) in [6.07, 6.45) is 1.33. The lowest BCUT2D eigenvalue weighted by Gasteiger charge is -2.19. The minimum atomic E-state index is -1.03. The number of carbonyl (C=O) groups is 1. The fourth-order valence-corrected chi connectivity index (χ4v) is 2.47. The van der Waals surface area contributed by atoms with Crippen LogP contribution in [0.15, 0.2) is 29.2 Å². The number of aliphatic carboxylic acids is 1. The Balaban J connectivity index is 2.43. The van der Waals surface area contributed by atoms with Gasteiger partial charge in [-0.1, -0.05) is 43.1 Å². The van der Waals surface area contributed by atoms with Crippen LogP contribution in [-0.4, -0.2) is 26.9 Å². The molecule has 0 aliphatic rings. The third kappa shape index (κ3) is 3.71. The topological polar surface area (TPSA) is 84.2 Å². The van der Waals surface area contributed by atoms with Crippen molar-refractivity contribution in [3.8, 4) is 5.69 Å². The van der Waals surface area contributed by atoms with Crippen LogP contribution in [0, 0.1) is 12.8 Å². The van der Waals surface area contributed by atoms with Crippen molar-refractivity contribution in [2.45, 2.75) is 26.8 Å². The number of aromatic nitrogens is 2. The van der Waals surface area contributed by atoms with E-state index >= 15 is 0 Å². The van der Waals surface area contributed by atoms with Crippen LogP contribution < -0.4 is 10.9 Å². The van der Waals surface area contributed by atoms with E-state index in [1.807, 2.05) is 6.92 Å². The van der Waals surface area contributed by atoms with Gasteiger partial charge in [-0.25, -0.2) is 4.79 Å². The third-order valence-electron chi connectivity index (χ3n) is 3.56. The van der Waals surface area contributed by atoms with Crippen molar-refractivity contribution in [3.63, 3.8) is 0 Å². The number of rotatable bonds is 5. The van der Waals surface area contributed by atoms with Gasteiger partial charge in [-0.15, -0.1) is 0 Å². The summed E-state index contributed by atoms with van der Waals surface area (Å²) in [6, 6.07) is 4.20. The largest absolute Gasteiger partial charge is 0.480 e. The molecule has 0 radical (unpaired) electrons. The Bertz CT molecular complexity index is 834. The Morgan fingerprint density at radius 2 is 2.00 bits per heavy atom. The highest BCUT2D eigenvalue weighted by Crippen LogP contribution is 2.22. The van der Waals surface area contributed by atoms with Gasteiger partial charge in [0.25, 0.3) is 5.56 Å². The summed E-state index contributed by atoms with van der Waals surface area (Å²) >= 11 is 12.2. The number of carboxylic acids is 1. The molecular weight excluding hydrogens is 353 g/mol. The lowest BCUT2D eigenvalue weighted by molar-refractivity contribution is -0.138. The normalized spacial score (nSPS) is 12.2. The fourth-order valence-electron chi connectivity index (χ4n) is 2.11. The first-order chi connectivity index (χ1) is 11.2. The molecule has 0 aliphatic carbocycles. The van der Waals surface area contributed by atoms with Gasteiger partial charge in [0.15, 0.2) is 0 Å². The molecule has 0 unspecified atom stereocenters. The molecule has 0 bridgehead atoms. The maximum atomic E-state index is 12.4.